The highest BCUT2D eigenvalue weighted by molar-refractivity contribution is 6.74. The molecular weight excluding hydrogens is 416 g/mol. The summed E-state index contributed by atoms with van der Waals surface area (Å²) in [5, 5.41) is 19.4. The third-order valence-electron chi connectivity index (χ3n) is 7.31. The van der Waals surface area contributed by atoms with Crippen molar-refractivity contribution < 1.29 is 19.4 Å². The number of carboxylic acid groups (broad SMARTS) is 1. The van der Waals surface area contributed by atoms with E-state index in [1.54, 1.807) is 6.08 Å². The number of rotatable bonds is 14. The summed E-state index contributed by atoms with van der Waals surface area (Å²) in [5.41, 5.74) is 4.32. The molecule has 5 heteroatoms. The lowest BCUT2D eigenvalue weighted by molar-refractivity contribution is -0.136. The maximum Gasteiger partial charge on any atom is 0.307 e. The van der Waals surface area contributed by atoms with Gasteiger partial charge >= 0.3 is 5.97 Å². The summed E-state index contributed by atoms with van der Waals surface area (Å²) < 4.78 is 6.91. The molecule has 0 aliphatic heterocycles. The second-order valence-electron chi connectivity index (χ2n) is 11.0. The second-order valence-corrected chi connectivity index (χ2v) is 15.8. The predicted octanol–water partition coefficient (Wildman–Crippen LogP) is 7.26. The number of carbonyl (C=O) groups is 1. The van der Waals surface area contributed by atoms with Gasteiger partial charge in [-0.2, -0.15) is 0 Å². The zero-order valence-corrected chi connectivity index (χ0v) is 22.6. The van der Waals surface area contributed by atoms with E-state index < -0.39 is 14.3 Å². The van der Waals surface area contributed by atoms with Gasteiger partial charge in [-0.15, -0.1) is 5.73 Å². The number of unbranched alkanes of at least 4 members (excludes halogenated alkanes) is 1. The van der Waals surface area contributed by atoms with Crippen molar-refractivity contribution in [1.29, 1.82) is 0 Å². The van der Waals surface area contributed by atoms with Crippen molar-refractivity contribution in [1.82, 2.24) is 0 Å². The van der Waals surface area contributed by atoms with E-state index in [2.05, 4.69) is 59.5 Å². The van der Waals surface area contributed by atoms with E-state index in [-0.39, 0.29) is 29.6 Å². The highest BCUT2D eigenvalue weighted by atomic mass is 28.4. The second kappa shape index (κ2) is 13.5. The van der Waals surface area contributed by atoms with Gasteiger partial charge in [-0.05, 0) is 74.7 Å². The Labute approximate surface area is 198 Å². The molecule has 184 valence electrons. The Balaban J connectivity index is 2.76. The lowest BCUT2D eigenvalue weighted by atomic mass is 9.88. The molecule has 2 N–H and O–H groups in total. The third-order valence-corrected chi connectivity index (χ3v) is 11.8. The van der Waals surface area contributed by atoms with Crippen molar-refractivity contribution in [2.75, 3.05) is 0 Å². The first-order chi connectivity index (χ1) is 14.9. The predicted molar refractivity (Wildman–Crippen MR) is 136 cm³/mol. The lowest BCUT2D eigenvalue weighted by Gasteiger charge is -2.41. The van der Waals surface area contributed by atoms with Gasteiger partial charge in [0.15, 0.2) is 8.32 Å². The van der Waals surface area contributed by atoms with Gasteiger partial charge in [0.25, 0.3) is 0 Å². The minimum Gasteiger partial charge on any atom is -0.481 e. The van der Waals surface area contributed by atoms with Crippen molar-refractivity contribution in [3.63, 3.8) is 0 Å². The standard InChI is InChI=1S/C27H48O4Si/c1-8-9-14-21(2)25(31-32(6,7)27(3,4)5)20-18-22-17-19-24(28)23(22)15-12-10-11-13-16-26(29)30/h10,13,17,21,23-25,28H,8-9,12,14-16,18-20H2,1-7H3,(H,29,30)/t11?,21?,23-,24+,25+/m1/s1. The first-order valence-electron chi connectivity index (χ1n) is 12.5. The minimum atomic E-state index is -1.85. The Morgan fingerprint density at radius 1 is 1.31 bits per heavy atom. The van der Waals surface area contributed by atoms with E-state index in [9.17, 15) is 9.90 Å². The van der Waals surface area contributed by atoms with Crippen LogP contribution in [0.2, 0.25) is 18.1 Å². The van der Waals surface area contributed by atoms with Gasteiger partial charge in [0.2, 0.25) is 0 Å². The Morgan fingerprint density at radius 3 is 2.59 bits per heavy atom. The van der Waals surface area contributed by atoms with Crippen LogP contribution in [0.1, 0.15) is 92.4 Å². The first kappa shape index (κ1) is 28.9. The molecule has 0 amide bonds. The number of carboxylic acids is 1. The van der Waals surface area contributed by atoms with Gasteiger partial charge < -0.3 is 14.6 Å². The van der Waals surface area contributed by atoms with Gasteiger partial charge in [0.1, 0.15) is 0 Å². The molecule has 0 aromatic heterocycles. The fraction of sp³-hybridized carbons (Fsp3) is 0.778. The zero-order chi connectivity index (χ0) is 24.4. The van der Waals surface area contributed by atoms with Crippen molar-refractivity contribution in [2.24, 2.45) is 11.8 Å². The highest BCUT2D eigenvalue weighted by Gasteiger charge is 2.40. The molecule has 4 nitrogen and oxygen atoms in total. The van der Waals surface area contributed by atoms with Crippen LogP contribution in [-0.4, -0.2) is 36.7 Å². The van der Waals surface area contributed by atoms with E-state index in [0.29, 0.717) is 5.92 Å². The van der Waals surface area contributed by atoms with Crippen LogP contribution >= 0.6 is 0 Å². The number of hydrogen-bond acceptors (Lipinski definition) is 3. The van der Waals surface area contributed by atoms with Crippen LogP contribution in [0.5, 0.6) is 0 Å². The van der Waals surface area contributed by atoms with Gasteiger partial charge in [-0.25, -0.2) is 0 Å². The van der Waals surface area contributed by atoms with Gasteiger partial charge in [-0.3, -0.25) is 4.79 Å². The number of aliphatic carboxylic acids is 1. The molecule has 0 heterocycles. The number of hydrogen-bond donors (Lipinski definition) is 2. The topological polar surface area (TPSA) is 66.8 Å². The van der Waals surface area contributed by atoms with Gasteiger partial charge in [-0.1, -0.05) is 59.1 Å². The molecule has 0 radical (unpaired) electrons. The Morgan fingerprint density at radius 2 is 2.00 bits per heavy atom. The summed E-state index contributed by atoms with van der Waals surface area (Å²) in [6.07, 6.45) is 13.7. The molecule has 0 spiro atoms. The van der Waals surface area contributed by atoms with Crippen molar-refractivity contribution in [3.05, 3.63) is 29.5 Å². The summed E-state index contributed by atoms with van der Waals surface area (Å²) in [6.45, 7) is 16.2. The molecule has 0 saturated carbocycles. The molecule has 1 aliphatic rings. The molecule has 0 saturated heterocycles. The third kappa shape index (κ3) is 9.78. The molecule has 1 rings (SSSR count). The molecule has 0 bridgehead atoms. The van der Waals surface area contributed by atoms with Crippen LogP contribution < -0.4 is 0 Å². The highest BCUT2D eigenvalue weighted by Crippen LogP contribution is 2.40. The van der Waals surface area contributed by atoms with Crippen LogP contribution in [0.25, 0.3) is 0 Å². The summed E-state index contributed by atoms with van der Waals surface area (Å²) in [5.74, 6) is -0.117. The summed E-state index contributed by atoms with van der Waals surface area (Å²) >= 11 is 0. The molecular formula is C27H48O4Si. The first-order valence-corrected chi connectivity index (χ1v) is 15.5. The fourth-order valence-corrected chi connectivity index (χ4v) is 5.57. The van der Waals surface area contributed by atoms with Gasteiger partial charge in [0, 0.05) is 12.0 Å². The van der Waals surface area contributed by atoms with E-state index >= 15 is 0 Å². The summed E-state index contributed by atoms with van der Waals surface area (Å²) in [6, 6.07) is 0. The average Bonchev–Trinajstić information content (AvgIpc) is 3.04. The molecule has 4 atom stereocenters. The molecule has 0 fully saturated rings. The van der Waals surface area contributed by atoms with E-state index in [0.717, 1.165) is 32.1 Å². The molecule has 0 aromatic carbocycles. The Kier molecular flexibility index (Phi) is 12.2. The normalized spacial score (nSPS) is 20.9. The van der Waals surface area contributed by atoms with E-state index in [1.807, 2.05) is 6.08 Å². The fourth-order valence-electron chi connectivity index (χ4n) is 4.11. The quantitative estimate of drug-likeness (QED) is 0.161. The van der Waals surface area contributed by atoms with E-state index in [4.69, 9.17) is 9.53 Å². The van der Waals surface area contributed by atoms with Gasteiger partial charge in [0.05, 0.1) is 12.5 Å². The maximum atomic E-state index is 10.6. The number of aliphatic hydroxyl groups is 1. The monoisotopic (exact) mass is 464 g/mol. The SMILES string of the molecule is CCCCC(C)[C@H](CCC1=CC[C@H](O)[C@@H]1CCC=C=CCC(=O)O)O[Si](C)(C)C(C)(C)C. The van der Waals surface area contributed by atoms with Crippen molar-refractivity contribution in [2.45, 2.75) is 123 Å². The Hall–Kier alpha value is -1.13. The molecule has 32 heavy (non-hydrogen) atoms. The van der Waals surface area contributed by atoms with Crippen LogP contribution in [0, 0.1) is 11.8 Å². The van der Waals surface area contributed by atoms with Crippen LogP contribution in [0.4, 0.5) is 0 Å². The molecule has 1 unspecified atom stereocenters. The largest absolute Gasteiger partial charge is 0.481 e. The van der Waals surface area contributed by atoms with Crippen LogP contribution in [0.3, 0.4) is 0 Å². The molecule has 0 aromatic rings. The van der Waals surface area contributed by atoms with Crippen LogP contribution in [0.15, 0.2) is 29.5 Å². The van der Waals surface area contributed by atoms with E-state index in [1.165, 1.54) is 24.8 Å². The maximum absolute atomic E-state index is 10.6. The Bertz CT molecular complexity index is 668. The van der Waals surface area contributed by atoms with Crippen LogP contribution in [-0.2, 0) is 9.22 Å². The molecule has 1 aliphatic carbocycles. The van der Waals surface area contributed by atoms with Crippen molar-refractivity contribution >= 4 is 14.3 Å². The zero-order valence-electron chi connectivity index (χ0n) is 21.6. The summed E-state index contributed by atoms with van der Waals surface area (Å²) in [7, 11) is -1.85. The smallest absolute Gasteiger partial charge is 0.307 e. The minimum absolute atomic E-state index is 0.000458. The average molecular weight is 465 g/mol. The lowest BCUT2D eigenvalue weighted by Crippen LogP contribution is -2.45. The number of aliphatic hydroxyl groups excluding tert-OH is 1. The van der Waals surface area contributed by atoms with Crippen molar-refractivity contribution in [3.8, 4) is 0 Å². The summed E-state index contributed by atoms with van der Waals surface area (Å²) in [4.78, 5) is 10.6.